The van der Waals surface area contributed by atoms with Gasteiger partial charge in [-0.2, -0.15) is 5.10 Å². The molecule has 1 aliphatic rings. The number of benzene rings is 1. The Morgan fingerprint density at radius 3 is 2.58 bits per heavy atom. The molecule has 6 rings (SSSR count). The van der Waals surface area contributed by atoms with Gasteiger partial charge in [-0.05, 0) is 42.8 Å². The standard InChI is InChI=1S/C29H30FN7O/c1-20(38)17-35-7-9-36(10-8-35)28-6-5-22(13-31-28)23-12-26-27(16-33-29(26)32-14-23)24-15-34-37(19-24)18-21-3-2-4-25(30)11-21/h2-6,11-16,19-20,38H,7-10,17-18H2,1H3,(H,32,33). The van der Waals surface area contributed by atoms with Gasteiger partial charge in [0.2, 0.25) is 0 Å². The summed E-state index contributed by atoms with van der Waals surface area (Å²) >= 11 is 0. The fourth-order valence-corrected chi connectivity index (χ4v) is 5.09. The summed E-state index contributed by atoms with van der Waals surface area (Å²) in [6.07, 6.45) is 9.21. The Morgan fingerprint density at radius 1 is 0.974 bits per heavy atom. The summed E-state index contributed by atoms with van der Waals surface area (Å²) in [5.41, 5.74) is 5.65. The highest BCUT2D eigenvalue weighted by atomic mass is 19.1. The van der Waals surface area contributed by atoms with Crippen LogP contribution in [0.5, 0.6) is 0 Å². The molecule has 1 aliphatic heterocycles. The number of aromatic nitrogens is 5. The Morgan fingerprint density at radius 2 is 1.82 bits per heavy atom. The molecule has 1 saturated heterocycles. The summed E-state index contributed by atoms with van der Waals surface area (Å²) in [6.45, 7) is 6.67. The number of pyridine rings is 2. The monoisotopic (exact) mass is 511 g/mol. The van der Waals surface area contributed by atoms with E-state index in [1.54, 1.807) is 6.07 Å². The molecule has 1 aromatic carbocycles. The molecule has 9 heteroatoms. The molecule has 194 valence electrons. The van der Waals surface area contributed by atoms with E-state index < -0.39 is 0 Å². The number of rotatable bonds is 7. The summed E-state index contributed by atoms with van der Waals surface area (Å²) in [7, 11) is 0. The van der Waals surface area contributed by atoms with E-state index in [2.05, 4.69) is 43.1 Å². The Labute approximate surface area is 220 Å². The molecule has 8 nitrogen and oxygen atoms in total. The van der Waals surface area contributed by atoms with Crippen molar-refractivity contribution in [2.75, 3.05) is 37.6 Å². The van der Waals surface area contributed by atoms with Crippen molar-refractivity contribution >= 4 is 16.9 Å². The Kier molecular flexibility index (Phi) is 6.61. The molecule has 0 bridgehead atoms. The summed E-state index contributed by atoms with van der Waals surface area (Å²) < 4.78 is 15.4. The average Bonchev–Trinajstić information content (AvgIpc) is 3.55. The zero-order chi connectivity index (χ0) is 26.1. The van der Waals surface area contributed by atoms with Crippen molar-refractivity contribution in [2.45, 2.75) is 19.6 Å². The molecule has 0 aliphatic carbocycles. The Bertz CT molecular complexity index is 1530. The fourth-order valence-electron chi connectivity index (χ4n) is 5.09. The molecule has 1 unspecified atom stereocenters. The van der Waals surface area contributed by atoms with Gasteiger partial charge in [-0.1, -0.05) is 12.1 Å². The predicted octanol–water partition coefficient (Wildman–Crippen LogP) is 4.18. The van der Waals surface area contributed by atoms with Gasteiger partial charge in [0.1, 0.15) is 17.3 Å². The lowest BCUT2D eigenvalue weighted by atomic mass is 10.1. The molecule has 5 heterocycles. The van der Waals surface area contributed by atoms with E-state index in [1.807, 2.05) is 48.7 Å². The highest BCUT2D eigenvalue weighted by Crippen LogP contribution is 2.31. The number of fused-ring (bicyclic) bond motifs is 1. The second kappa shape index (κ2) is 10.4. The number of aromatic amines is 1. The first kappa shape index (κ1) is 24.3. The zero-order valence-electron chi connectivity index (χ0n) is 21.3. The summed E-state index contributed by atoms with van der Waals surface area (Å²) in [5.74, 6) is 0.718. The quantitative estimate of drug-likeness (QED) is 0.341. The molecular weight excluding hydrogens is 481 g/mol. The van der Waals surface area contributed by atoms with Crippen LogP contribution in [0.1, 0.15) is 12.5 Å². The van der Waals surface area contributed by atoms with E-state index in [9.17, 15) is 9.50 Å². The van der Waals surface area contributed by atoms with Crippen molar-refractivity contribution in [3.05, 3.63) is 84.8 Å². The minimum absolute atomic E-state index is 0.247. The van der Waals surface area contributed by atoms with Crippen molar-refractivity contribution < 1.29 is 9.50 Å². The first-order chi connectivity index (χ1) is 18.5. The minimum atomic E-state index is -0.304. The van der Waals surface area contributed by atoms with E-state index in [4.69, 9.17) is 4.98 Å². The third-order valence-electron chi connectivity index (χ3n) is 7.01. The summed E-state index contributed by atoms with van der Waals surface area (Å²) in [6, 6.07) is 12.9. The van der Waals surface area contributed by atoms with Crippen LogP contribution in [0.2, 0.25) is 0 Å². The van der Waals surface area contributed by atoms with Gasteiger partial charge >= 0.3 is 0 Å². The van der Waals surface area contributed by atoms with Crippen molar-refractivity contribution in [3.63, 3.8) is 0 Å². The molecule has 0 radical (unpaired) electrons. The van der Waals surface area contributed by atoms with Crippen LogP contribution in [0.4, 0.5) is 10.2 Å². The lowest BCUT2D eigenvalue weighted by Crippen LogP contribution is -2.48. The van der Waals surface area contributed by atoms with Gasteiger partial charge in [0.25, 0.3) is 0 Å². The normalized spacial score (nSPS) is 15.3. The van der Waals surface area contributed by atoms with Crippen molar-refractivity contribution in [3.8, 4) is 22.3 Å². The van der Waals surface area contributed by atoms with Crippen LogP contribution in [0.15, 0.2) is 73.4 Å². The van der Waals surface area contributed by atoms with Crippen molar-refractivity contribution in [1.29, 1.82) is 0 Å². The Hall–Kier alpha value is -4.08. The van der Waals surface area contributed by atoms with Crippen LogP contribution >= 0.6 is 0 Å². The first-order valence-electron chi connectivity index (χ1n) is 12.9. The van der Waals surface area contributed by atoms with Crippen LogP contribution in [0.3, 0.4) is 0 Å². The molecule has 1 fully saturated rings. The number of hydrogen-bond acceptors (Lipinski definition) is 6. The van der Waals surface area contributed by atoms with Gasteiger partial charge in [-0.15, -0.1) is 0 Å². The number of aliphatic hydroxyl groups is 1. The number of anilines is 1. The first-order valence-corrected chi connectivity index (χ1v) is 12.9. The molecule has 1 atom stereocenters. The molecule has 0 spiro atoms. The van der Waals surface area contributed by atoms with Gasteiger partial charge < -0.3 is 15.0 Å². The lowest BCUT2D eigenvalue weighted by Gasteiger charge is -2.35. The maximum Gasteiger partial charge on any atom is 0.137 e. The maximum absolute atomic E-state index is 13.6. The smallest absolute Gasteiger partial charge is 0.137 e. The van der Waals surface area contributed by atoms with Crippen LogP contribution in [0.25, 0.3) is 33.3 Å². The van der Waals surface area contributed by atoms with E-state index in [0.29, 0.717) is 13.1 Å². The van der Waals surface area contributed by atoms with Gasteiger partial charge in [0.15, 0.2) is 0 Å². The molecule has 38 heavy (non-hydrogen) atoms. The number of hydrogen-bond donors (Lipinski definition) is 2. The van der Waals surface area contributed by atoms with Gasteiger partial charge in [0, 0.05) is 85.2 Å². The van der Waals surface area contributed by atoms with Crippen LogP contribution in [0, 0.1) is 5.82 Å². The van der Waals surface area contributed by atoms with Gasteiger partial charge in [0.05, 0.1) is 18.8 Å². The molecule has 0 amide bonds. The fraction of sp³-hybridized carbons (Fsp3) is 0.276. The lowest BCUT2D eigenvalue weighted by molar-refractivity contribution is 0.122. The largest absolute Gasteiger partial charge is 0.392 e. The molecule has 4 aromatic heterocycles. The van der Waals surface area contributed by atoms with E-state index in [0.717, 1.165) is 70.8 Å². The van der Waals surface area contributed by atoms with Crippen molar-refractivity contribution in [2.24, 2.45) is 0 Å². The zero-order valence-corrected chi connectivity index (χ0v) is 21.3. The van der Waals surface area contributed by atoms with E-state index in [1.165, 1.54) is 12.1 Å². The third-order valence-corrected chi connectivity index (χ3v) is 7.01. The number of nitrogens with zero attached hydrogens (tertiary/aromatic N) is 6. The van der Waals surface area contributed by atoms with Crippen LogP contribution in [-0.2, 0) is 6.54 Å². The number of aliphatic hydroxyl groups excluding tert-OH is 1. The average molecular weight is 512 g/mol. The number of β-amino-alcohol motifs (C(OH)–C–C–N with tert-alkyl or cyclic N) is 1. The number of halogens is 1. The second-order valence-electron chi connectivity index (χ2n) is 9.92. The van der Waals surface area contributed by atoms with Gasteiger partial charge in [-0.3, -0.25) is 9.58 Å². The topological polar surface area (TPSA) is 86.1 Å². The minimum Gasteiger partial charge on any atom is -0.392 e. The van der Waals surface area contributed by atoms with Crippen LogP contribution in [-0.4, -0.2) is 73.6 Å². The third kappa shape index (κ3) is 5.16. The number of nitrogens with one attached hydrogen (secondary N) is 1. The molecular formula is C29H30FN7O. The second-order valence-corrected chi connectivity index (χ2v) is 9.92. The summed E-state index contributed by atoms with van der Waals surface area (Å²) in [5, 5.41) is 15.1. The Balaban J connectivity index is 1.19. The molecule has 0 saturated carbocycles. The van der Waals surface area contributed by atoms with E-state index >= 15 is 0 Å². The highest BCUT2D eigenvalue weighted by Gasteiger charge is 2.19. The maximum atomic E-state index is 13.6. The molecule has 5 aromatic rings. The SMILES string of the molecule is CC(O)CN1CCN(c2ccc(-c3cnc4[nH]cc(-c5cnn(Cc6cccc(F)c6)c5)c4c3)cn2)CC1. The van der Waals surface area contributed by atoms with Crippen molar-refractivity contribution in [1.82, 2.24) is 29.6 Å². The van der Waals surface area contributed by atoms with E-state index in [-0.39, 0.29) is 11.9 Å². The number of piperazine rings is 1. The predicted molar refractivity (Wildman–Crippen MR) is 146 cm³/mol. The number of H-pyrrole nitrogens is 1. The van der Waals surface area contributed by atoms with Gasteiger partial charge in [-0.25, -0.2) is 14.4 Å². The molecule has 2 N–H and O–H groups in total. The van der Waals surface area contributed by atoms with Crippen LogP contribution < -0.4 is 4.90 Å². The summed E-state index contributed by atoms with van der Waals surface area (Å²) in [4.78, 5) is 17.2. The highest BCUT2D eigenvalue weighted by molar-refractivity contribution is 5.95.